The van der Waals surface area contributed by atoms with Crippen molar-refractivity contribution in [2.24, 2.45) is 0 Å². The maximum atomic E-state index is 13.9. The van der Waals surface area contributed by atoms with Gasteiger partial charge in [-0.1, -0.05) is 18.2 Å². The highest BCUT2D eigenvalue weighted by Gasteiger charge is 2.24. The third kappa shape index (κ3) is 3.75. The lowest BCUT2D eigenvalue weighted by Gasteiger charge is -2.34. The van der Waals surface area contributed by atoms with Gasteiger partial charge in [0.25, 0.3) is 0 Å². The molecule has 1 aromatic carbocycles. The van der Waals surface area contributed by atoms with E-state index in [0.29, 0.717) is 12.0 Å². The van der Waals surface area contributed by atoms with E-state index in [0.717, 1.165) is 32.2 Å². The zero-order valence-electron chi connectivity index (χ0n) is 10.7. The molecule has 0 saturated carbocycles. The Balaban J connectivity index is 0.00000180. The monoisotopic (exact) mass is 288 g/mol. The lowest BCUT2D eigenvalue weighted by atomic mass is 10.0. The molecule has 106 valence electrons. The SMILES string of the molecule is C=CC[C@H](c1cccc(F)c1F)N1CCNCC1.Cl. The molecule has 0 bridgehead atoms. The minimum Gasteiger partial charge on any atom is -0.314 e. The second kappa shape index (κ2) is 7.58. The van der Waals surface area contributed by atoms with Crippen LogP contribution < -0.4 is 5.32 Å². The van der Waals surface area contributed by atoms with E-state index in [1.165, 1.54) is 0 Å². The molecule has 0 radical (unpaired) electrons. The molecule has 2 nitrogen and oxygen atoms in total. The average Bonchev–Trinajstić information content (AvgIpc) is 2.41. The highest BCUT2D eigenvalue weighted by Crippen LogP contribution is 2.28. The molecule has 19 heavy (non-hydrogen) atoms. The molecule has 0 unspecified atom stereocenters. The van der Waals surface area contributed by atoms with Crippen LogP contribution >= 0.6 is 12.4 Å². The van der Waals surface area contributed by atoms with E-state index in [4.69, 9.17) is 0 Å². The van der Waals surface area contributed by atoms with Gasteiger partial charge in [-0.25, -0.2) is 8.78 Å². The second-order valence-corrected chi connectivity index (χ2v) is 4.47. The molecule has 0 amide bonds. The lowest BCUT2D eigenvalue weighted by molar-refractivity contribution is 0.170. The number of rotatable bonds is 4. The van der Waals surface area contributed by atoms with Crippen molar-refractivity contribution in [3.05, 3.63) is 48.1 Å². The minimum absolute atomic E-state index is 0. The smallest absolute Gasteiger partial charge is 0.163 e. The van der Waals surface area contributed by atoms with E-state index >= 15 is 0 Å². The fourth-order valence-electron chi connectivity index (χ4n) is 2.40. The van der Waals surface area contributed by atoms with E-state index in [1.807, 2.05) is 0 Å². The summed E-state index contributed by atoms with van der Waals surface area (Å²) in [7, 11) is 0. The summed E-state index contributed by atoms with van der Waals surface area (Å²) in [6, 6.07) is 4.25. The van der Waals surface area contributed by atoms with Gasteiger partial charge in [0, 0.05) is 37.8 Å². The molecule has 1 aromatic rings. The van der Waals surface area contributed by atoms with Crippen molar-refractivity contribution >= 4 is 12.4 Å². The summed E-state index contributed by atoms with van der Waals surface area (Å²) in [5.41, 5.74) is 0.428. The molecule has 1 aliphatic heterocycles. The van der Waals surface area contributed by atoms with Crippen LogP contribution in [0.4, 0.5) is 8.78 Å². The van der Waals surface area contributed by atoms with Gasteiger partial charge in [0.05, 0.1) is 0 Å². The Morgan fingerprint density at radius 1 is 1.32 bits per heavy atom. The van der Waals surface area contributed by atoms with Crippen molar-refractivity contribution < 1.29 is 8.78 Å². The third-order valence-electron chi connectivity index (χ3n) is 3.32. The van der Waals surface area contributed by atoms with E-state index in [-0.39, 0.29) is 18.4 Å². The van der Waals surface area contributed by atoms with Crippen LogP contribution in [0.15, 0.2) is 30.9 Å². The van der Waals surface area contributed by atoms with Gasteiger partial charge in [0.1, 0.15) is 0 Å². The largest absolute Gasteiger partial charge is 0.314 e. The van der Waals surface area contributed by atoms with Crippen LogP contribution in [0.2, 0.25) is 0 Å². The van der Waals surface area contributed by atoms with Crippen molar-refractivity contribution in [1.82, 2.24) is 10.2 Å². The Kier molecular flexibility index (Phi) is 6.42. The molecule has 1 atom stereocenters. The Bertz CT molecular complexity index is 420. The predicted molar refractivity (Wildman–Crippen MR) is 75.6 cm³/mol. The first-order valence-electron chi connectivity index (χ1n) is 6.23. The summed E-state index contributed by atoms with van der Waals surface area (Å²) in [4.78, 5) is 2.18. The van der Waals surface area contributed by atoms with Gasteiger partial charge >= 0.3 is 0 Å². The molecular formula is C14H19ClF2N2. The van der Waals surface area contributed by atoms with E-state index in [2.05, 4.69) is 16.8 Å². The molecule has 5 heteroatoms. The van der Waals surface area contributed by atoms with Crippen LogP contribution in [0.1, 0.15) is 18.0 Å². The van der Waals surface area contributed by atoms with Crippen molar-refractivity contribution in [2.75, 3.05) is 26.2 Å². The summed E-state index contributed by atoms with van der Waals surface area (Å²) in [6.07, 6.45) is 2.39. The molecular weight excluding hydrogens is 270 g/mol. The van der Waals surface area contributed by atoms with Crippen LogP contribution in [0.25, 0.3) is 0 Å². The van der Waals surface area contributed by atoms with Gasteiger partial charge in [-0.05, 0) is 12.5 Å². The summed E-state index contributed by atoms with van der Waals surface area (Å²) < 4.78 is 27.2. The molecule has 0 spiro atoms. The Morgan fingerprint density at radius 3 is 2.63 bits per heavy atom. The first-order chi connectivity index (χ1) is 8.74. The molecule has 1 saturated heterocycles. The number of nitrogens with zero attached hydrogens (tertiary/aromatic N) is 1. The highest BCUT2D eigenvalue weighted by molar-refractivity contribution is 5.85. The molecule has 1 heterocycles. The number of halogens is 3. The van der Waals surface area contributed by atoms with Crippen molar-refractivity contribution in [3.63, 3.8) is 0 Å². The van der Waals surface area contributed by atoms with E-state index in [1.54, 1.807) is 18.2 Å². The van der Waals surface area contributed by atoms with Crippen LogP contribution in [0.5, 0.6) is 0 Å². The minimum atomic E-state index is -0.781. The number of nitrogens with one attached hydrogen (secondary N) is 1. The second-order valence-electron chi connectivity index (χ2n) is 4.47. The Labute approximate surface area is 118 Å². The van der Waals surface area contributed by atoms with Gasteiger partial charge in [-0.15, -0.1) is 19.0 Å². The molecule has 0 aromatic heterocycles. The molecule has 2 rings (SSSR count). The predicted octanol–water partition coefficient (Wildman–Crippen LogP) is 2.91. The van der Waals surface area contributed by atoms with Crippen molar-refractivity contribution in [1.29, 1.82) is 0 Å². The third-order valence-corrected chi connectivity index (χ3v) is 3.32. The molecule has 0 aliphatic carbocycles. The van der Waals surface area contributed by atoms with Crippen molar-refractivity contribution in [2.45, 2.75) is 12.5 Å². The lowest BCUT2D eigenvalue weighted by Crippen LogP contribution is -2.45. The summed E-state index contributed by atoms with van der Waals surface area (Å²) in [6.45, 7) is 7.16. The van der Waals surface area contributed by atoms with Gasteiger partial charge in [0.15, 0.2) is 11.6 Å². The summed E-state index contributed by atoms with van der Waals surface area (Å²) in [5, 5.41) is 3.25. The average molecular weight is 289 g/mol. The van der Waals surface area contributed by atoms with Crippen LogP contribution in [-0.4, -0.2) is 31.1 Å². The normalized spacial score (nSPS) is 17.6. The van der Waals surface area contributed by atoms with Gasteiger partial charge < -0.3 is 5.32 Å². The Morgan fingerprint density at radius 2 is 2.00 bits per heavy atom. The number of hydrogen-bond acceptors (Lipinski definition) is 2. The fraction of sp³-hybridized carbons (Fsp3) is 0.429. The van der Waals surface area contributed by atoms with Crippen LogP contribution in [0.3, 0.4) is 0 Å². The number of benzene rings is 1. The fourth-order valence-corrected chi connectivity index (χ4v) is 2.40. The zero-order chi connectivity index (χ0) is 13.0. The zero-order valence-corrected chi connectivity index (χ0v) is 11.6. The summed E-state index contributed by atoms with van der Waals surface area (Å²) >= 11 is 0. The molecule has 1 N–H and O–H groups in total. The molecule has 1 fully saturated rings. The van der Waals surface area contributed by atoms with Gasteiger partial charge in [-0.2, -0.15) is 0 Å². The quantitative estimate of drug-likeness (QED) is 0.857. The van der Waals surface area contributed by atoms with E-state index < -0.39 is 11.6 Å². The first-order valence-corrected chi connectivity index (χ1v) is 6.23. The van der Waals surface area contributed by atoms with Gasteiger partial charge in [0.2, 0.25) is 0 Å². The summed E-state index contributed by atoms with van der Waals surface area (Å²) in [5.74, 6) is -1.51. The Hall–Kier alpha value is -0.970. The topological polar surface area (TPSA) is 15.3 Å². The van der Waals surface area contributed by atoms with E-state index in [9.17, 15) is 8.78 Å². The molecule has 1 aliphatic rings. The number of piperazine rings is 1. The maximum Gasteiger partial charge on any atom is 0.163 e. The first kappa shape index (κ1) is 16.1. The highest BCUT2D eigenvalue weighted by atomic mass is 35.5. The van der Waals surface area contributed by atoms with Gasteiger partial charge in [-0.3, -0.25) is 4.90 Å². The maximum absolute atomic E-state index is 13.9. The standard InChI is InChI=1S/C14H18F2N2.ClH/c1-2-4-13(18-9-7-17-8-10-18)11-5-3-6-12(15)14(11)16;/h2-3,5-6,13,17H,1,4,7-10H2;1H/t13-;/m1./s1. The van der Waals surface area contributed by atoms with Crippen molar-refractivity contribution in [3.8, 4) is 0 Å². The number of hydrogen-bond donors (Lipinski definition) is 1. The van der Waals surface area contributed by atoms with Crippen LogP contribution in [-0.2, 0) is 0 Å². The van der Waals surface area contributed by atoms with Crippen LogP contribution in [0, 0.1) is 11.6 Å².